The second-order valence-corrected chi connectivity index (χ2v) is 2.21. The van der Waals surface area contributed by atoms with E-state index in [-0.39, 0.29) is 5.46 Å². The molecule has 0 aromatic heterocycles. The largest absolute Gasteiger partial charge is 0.571 e. The first-order valence-electron chi connectivity index (χ1n) is 3.05. The van der Waals surface area contributed by atoms with Crippen molar-refractivity contribution in [1.29, 1.82) is 0 Å². The zero-order valence-corrected chi connectivity index (χ0v) is 5.64. The van der Waals surface area contributed by atoms with Gasteiger partial charge in [0.05, 0.1) is 0 Å². The molecule has 0 nitrogen and oxygen atoms in total. The molecule has 0 atom stereocenters. The molecule has 3 heteroatoms. The predicted octanol–water partition coefficient (Wildman–Crippen LogP) is 1.63. The molecule has 0 spiro atoms. The third kappa shape index (κ3) is 1.56. The van der Waals surface area contributed by atoms with Crippen LogP contribution in [0.5, 0.6) is 0 Å². The van der Waals surface area contributed by atoms with Crippen LogP contribution in [-0.2, 0) is 0 Å². The highest BCUT2D eigenvalue weighted by Crippen LogP contribution is 1.95. The van der Waals surface area contributed by atoms with Crippen molar-refractivity contribution >= 4 is 12.7 Å². The molecule has 0 unspecified atom stereocenters. The van der Waals surface area contributed by atoms with Crippen LogP contribution in [0.2, 0.25) is 0 Å². The van der Waals surface area contributed by atoms with Gasteiger partial charge in [-0.05, 0) is 12.4 Å². The van der Waals surface area contributed by atoms with E-state index < -0.39 is 7.27 Å². The van der Waals surface area contributed by atoms with E-state index in [1.54, 1.807) is 12.1 Å². The molecule has 0 heterocycles. The molecule has 1 rings (SSSR count). The second kappa shape index (κ2) is 2.82. The summed E-state index contributed by atoms with van der Waals surface area (Å²) in [5.41, 5.74) is 1.09. The first-order valence-corrected chi connectivity index (χ1v) is 3.05. The molecule has 0 bridgehead atoms. The van der Waals surface area contributed by atoms with Gasteiger partial charge in [0.1, 0.15) is 0 Å². The van der Waals surface area contributed by atoms with Gasteiger partial charge >= 0.3 is 7.27 Å². The second-order valence-electron chi connectivity index (χ2n) is 2.21. The Balaban J connectivity index is 2.89. The van der Waals surface area contributed by atoms with Crippen LogP contribution in [0.1, 0.15) is 5.56 Å². The van der Waals surface area contributed by atoms with Crippen LogP contribution in [0, 0.1) is 6.92 Å². The molecule has 1 aromatic rings. The Bertz CT molecular complexity index is 205. The first-order chi connectivity index (χ1) is 4.70. The highest BCUT2D eigenvalue weighted by atomic mass is 19.2. The maximum absolute atomic E-state index is 11.9. The molecule has 1 aromatic carbocycles. The molecular formula is C7H7BF2. The van der Waals surface area contributed by atoms with E-state index in [1.807, 2.05) is 6.92 Å². The van der Waals surface area contributed by atoms with Crippen molar-refractivity contribution in [3.05, 3.63) is 29.8 Å². The minimum Gasteiger partial charge on any atom is -0.281 e. The topological polar surface area (TPSA) is 0 Å². The lowest BCUT2D eigenvalue weighted by atomic mass is 9.86. The van der Waals surface area contributed by atoms with Gasteiger partial charge in [-0.15, -0.1) is 0 Å². The van der Waals surface area contributed by atoms with Crippen LogP contribution in [0.3, 0.4) is 0 Å². The highest BCUT2D eigenvalue weighted by Gasteiger charge is 2.14. The van der Waals surface area contributed by atoms with Crippen LogP contribution >= 0.6 is 0 Å². The molecule has 0 aliphatic rings. The number of hydrogen-bond acceptors (Lipinski definition) is 0. The number of benzene rings is 1. The standard InChI is InChI=1S/C7H7BF2/c1-6-2-4-7(5-3-6)8(9)10/h2-5H,1H3. The number of aryl methyl sites for hydroxylation is 1. The third-order valence-corrected chi connectivity index (χ3v) is 1.33. The van der Waals surface area contributed by atoms with Crippen LogP contribution in [0.25, 0.3) is 0 Å². The SMILES string of the molecule is Cc1ccc(B(F)F)cc1. The van der Waals surface area contributed by atoms with Gasteiger partial charge in [0.15, 0.2) is 0 Å². The molecule has 0 aliphatic heterocycles. The van der Waals surface area contributed by atoms with Crippen LogP contribution < -0.4 is 5.46 Å². The van der Waals surface area contributed by atoms with Crippen molar-refractivity contribution in [2.75, 3.05) is 0 Å². The molecule has 0 amide bonds. The van der Waals surface area contributed by atoms with Crippen LogP contribution in [0.4, 0.5) is 8.63 Å². The summed E-state index contributed by atoms with van der Waals surface area (Å²) in [6.07, 6.45) is 0. The summed E-state index contributed by atoms with van der Waals surface area (Å²) in [6, 6.07) is 6.25. The minimum absolute atomic E-state index is 0.0885. The van der Waals surface area contributed by atoms with E-state index in [1.165, 1.54) is 12.1 Å². The average molecular weight is 140 g/mol. The van der Waals surface area contributed by atoms with Gasteiger partial charge in [-0.2, -0.15) is 0 Å². The molecular weight excluding hydrogens is 133 g/mol. The Hall–Kier alpha value is -0.855. The molecule has 52 valence electrons. The maximum atomic E-state index is 11.9. The van der Waals surface area contributed by atoms with Gasteiger partial charge in [-0.25, -0.2) is 0 Å². The smallest absolute Gasteiger partial charge is 0.281 e. The van der Waals surface area contributed by atoms with E-state index in [9.17, 15) is 8.63 Å². The van der Waals surface area contributed by atoms with Gasteiger partial charge in [0, 0.05) is 0 Å². The van der Waals surface area contributed by atoms with E-state index in [0.29, 0.717) is 0 Å². The van der Waals surface area contributed by atoms with E-state index >= 15 is 0 Å². The lowest BCUT2D eigenvalue weighted by molar-refractivity contribution is 0.685. The molecule has 10 heavy (non-hydrogen) atoms. The van der Waals surface area contributed by atoms with Crippen molar-refractivity contribution < 1.29 is 8.63 Å². The van der Waals surface area contributed by atoms with Gasteiger partial charge in [-0.3, -0.25) is 8.63 Å². The quantitative estimate of drug-likeness (QED) is 0.520. The molecule has 0 radical (unpaired) electrons. The van der Waals surface area contributed by atoms with E-state index in [0.717, 1.165) is 5.56 Å². The number of rotatable bonds is 1. The normalized spacial score (nSPS) is 9.50. The average Bonchev–Trinajstić information content (AvgIpc) is 1.88. The van der Waals surface area contributed by atoms with Gasteiger partial charge in [-0.1, -0.05) is 29.8 Å². The summed E-state index contributed by atoms with van der Waals surface area (Å²) >= 11 is 0. The Kier molecular flexibility index (Phi) is 2.04. The Morgan fingerprint density at radius 1 is 1.10 bits per heavy atom. The van der Waals surface area contributed by atoms with Crippen molar-refractivity contribution in [1.82, 2.24) is 0 Å². The third-order valence-electron chi connectivity index (χ3n) is 1.33. The maximum Gasteiger partial charge on any atom is 0.571 e. The highest BCUT2D eigenvalue weighted by molar-refractivity contribution is 6.59. The Morgan fingerprint density at radius 2 is 1.60 bits per heavy atom. The molecule has 0 saturated carbocycles. The Labute approximate surface area is 59.0 Å². The fraction of sp³-hybridized carbons (Fsp3) is 0.143. The van der Waals surface area contributed by atoms with E-state index in [2.05, 4.69) is 0 Å². The summed E-state index contributed by atoms with van der Waals surface area (Å²) in [5.74, 6) is 0. The fourth-order valence-corrected chi connectivity index (χ4v) is 0.712. The summed E-state index contributed by atoms with van der Waals surface area (Å²) in [5, 5.41) is 0. The lowest BCUT2D eigenvalue weighted by Gasteiger charge is -1.94. The molecule has 0 saturated heterocycles. The van der Waals surface area contributed by atoms with Crippen molar-refractivity contribution in [3.63, 3.8) is 0 Å². The zero-order valence-electron chi connectivity index (χ0n) is 5.64. The Morgan fingerprint density at radius 3 is 2.00 bits per heavy atom. The van der Waals surface area contributed by atoms with E-state index in [4.69, 9.17) is 0 Å². The summed E-state index contributed by atoms with van der Waals surface area (Å²) in [4.78, 5) is 0. The lowest BCUT2D eigenvalue weighted by Crippen LogP contribution is -2.19. The summed E-state index contributed by atoms with van der Waals surface area (Å²) in [7, 11) is -2.35. The van der Waals surface area contributed by atoms with Crippen molar-refractivity contribution in [2.24, 2.45) is 0 Å². The molecule has 0 N–H and O–H groups in total. The number of hydrogen-bond donors (Lipinski definition) is 0. The summed E-state index contributed by atoms with van der Waals surface area (Å²) in [6.45, 7) is 1.87. The first kappa shape index (κ1) is 7.25. The summed E-state index contributed by atoms with van der Waals surface area (Å²) < 4.78 is 23.8. The fourth-order valence-electron chi connectivity index (χ4n) is 0.712. The van der Waals surface area contributed by atoms with Crippen molar-refractivity contribution in [3.8, 4) is 0 Å². The zero-order chi connectivity index (χ0) is 7.56. The number of halogens is 2. The monoisotopic (exact) mass is 140 g/mol. The van der Waals surface area contributed by atoms with Gasteiger partial charge in [0.25, 0.3) is 0 Å². The van der Waals surface area contributed by atoms with Gasteiger partial charge < -0.3 is 0 Å². The molecule has 0 fully saturated rings. The van der Waals surface area contributed by atoms with Crippen molar-refractivity contribution in [2.45, 2.75) is 6.92 Å². The van der Waals surface area contributed by atoms with Crippen LogP contribution in [-0.4, -0.2) is 7.27 Å². The minimum atomic E-state index is -2.35. The van der Waals surface area contributed by atoms with Gasteiger partial charge in [0.2, 0.25) is 0 Å². The molecule has 0 aliphatic carbocycles. The predicted molar refractivity (Wildman–Crippen MR) is 38.8 cm³/mol. The van der Waals surface area contributed by atoms with Crippen LogP contribution in [0.15, 0.2) is 24.3 Å².